The number of hydrogen-bond acceptors (Lipinski definition) is 12. The van der Waals surface area contributed by atoms with Gasteiger partial charge in [0.1, 0.15) is 16.5 Å². The van der Waals surface area contributed by atoms with Crippen molar-refractivity contribution in [3.63, 3.8) is 0 Å². The minimum absolute atomic E-state index is 0.0192. The van der Waals surface area contributed by atoms with Crippen LogP contribution < -0.4 is 10.6 Å². The Morgan fingerprint density at radius 1 is 1.02 bits per heavy atom. The molecule has 2 aromatic rings. The van der Waals surface area contributed by atoms with E-state index in [0.717, 1.165) is 16.9 Å². The number of nitrogens with zero attached hydrogens (tertiary/aromatic N) is 4. The fourth-order valence-corrected chi connectivity index (χ4v) is 8.01. The number of phenolic OH excluding ortho intramolecular Hbond substituents is 1. The van der Waals surface area contributed by atoms with E-state index in [-0.39, 0.29) is 85.0 Å². The molecule has 5 atom stereocenters. The van der Waals surface area contributed by atoms with Crippen LogP contribution in [0.1, 0.15) is 127 Å². The van der Waals surface area contributed by atoms with Crippen LogP contribution in [0.3, 0.4) is 0 Å². The maximum atomic E-state index is 14.3. The van der Waals surface area contributed by atoms with Crippen LogP contribution in [0.4, 0.5) is 5.69 Å². The fraction of sp³-hybridized carbons (Fsp3) is 0.600. The highest BCUT2D eigenvalue weighted by Gasteiger charge is 2.39. The van der Waals surface area contributed by atoms with Crippen LogP contribution in [-0.4, -0.2) is 111 Å². The van der Waals surface area contributed by atoms with Crippen molar-refractivity contribution >= 4 is 58.3 Å². The number of nitrogens with one attached hydrogen (secondary N) is 2. The van der Waals surface area contributed by atoms with E-state index >= 15 is 0 Å². The topological polar surface area (TPSA) is 196 Å². The van der Waals surface area contributed by atoms with Crippen molar-refractivity contribution in [3.8, 4) is 5.75 Å². The number of anilines is 1. The Kier molecular flexibility index (Phi) is 18.8. The predicted octanol–water partition coefficient (Wildman–Crippen LogP) is 6.07. The van der Waals surface area contributed by atoms with Crippen molar-refractivity contribution in [3.05, 3.63) is 52.0 Å². The van der Waals surface area contributed by atoms with Crippen LogP contribution in [0.2, 0.25) is 0 Å². The van der Waals surface area contributed by atoms with Gasteiger partial charge in [-0.15, -0.1) is 11.3 Å². The predicted molar refractivity (Wildman–Crippen MR) is 235 cm³/mol. The molecule has 15 nitrogen and oxygen atoms in total. The summed E-state index contributed by atoms with van der Waals surface area (Å²) in [6, 6.07) is 4.10. The SMILES string of the molecule is CCC[C@H](Cc1ccc(O)c(NC(=O)CCCN2C(=O)C=CC2=O)c1)NC(=O)c1csc([C@@H](C[C@H](C(C)C)N(C)C(=O)[C@@H](CC(=O)C(C)(C)N(C)C)[C@@H](C)CC)OC(C)=O)n1. The second-order valence-corrected chi connectivity index (χ2v) is 18.0. The molecule has 61 heavy (non-hydrogen) atoms. The van der Waals surface area contributed by atoms with Gasteiger partial charge in [0.25, 0.3) is 17.7 Å². The zero-order chi connectivity index (χ0) is 45.8. The third-order valence-corrected chi connectivity index (χ3v) is 12.7. The number of aromatic hydroxyl groups is 1. The molecule has 1 aliphatic rings. The number of imide groups is 1. The summed E-state index contributed by atoms with van der Waals surface area (Å²) < 4.78 is 5.80. The average Bonchev–Trinajstić information content (AvgIpc) is 3.82. The molecule has 0 fully saturated rings. The minimum Gasteiger partial charge on any atom is -0.506 e. The van der Waals surface area contributed by atoms with Crippen LogP contribution in [0.25, 0.3) is 0 Å². The van der Waals surface area contributed by atoms with Gasteiger partial charge in [0.2, 0.25) is 11.8 Å². The summed E-state index contributed by atoms with van der Waals surface area (Å²) in [7, 11) is 5.43. The lowest BCUT2D eigenvalue weighted by Crippen LogP contribution is -2.50. The largest absolute Gasteiger partial charge is 0.506 e. The second-order valence-electron chi connectivity index (χ2n) is 17.1. The first-order valence-corrected chi connectivity index (χ1v) is 22.0. The molecule has 16 heteroatoms. The Morgan fingerprint density at radius 2 is 1.67 bits per heavy atom. The van der Waals surface area contributed by atoms with Crippen molar-refractivity contribution in [2.24, 2.45) is 17.8 Å². The van der Waals surface area contributed by atoms with E-state index in [2.05, 4.69) is 15.6 Å². The molecule has 0 bridgehead atoms. The molecule has 0 spiro atoms. The number of hydrogen-bond donors (Lipinski definition) is 3. The van der Waals surface area contributed by atoms with Crippen LogP contribution in [0.5, 0.6) is 5.75 Å². The van der Waals surface area contributed by atoms with E-state index in [9.17, 15) is 38.7 Å². The fourth-order valence-electron chi connectivity index (χ4n) is 7.17. The summed E-state index contributed by atoms with van der Waals surface area (Å²) in [4.78, 5) is 99.4. The number of likely N-dealkylation sites (N-methyl/N-ethyl adjacent to an activating group) is 1. The van der Waals surface area contributed by atoms with Gasteiger partial charge in [0, 0.05) is 75.3 Å². The molecule has 1 aromatic carbocycles. The number of phenols is 1. The number of rotatable bonds is 24. The highest BCUT2D eigenvalue weighted by atomic mass is 32.1. The number of amides is 5. The molecule has 0 unspecified atom stereocenters. The Labute approximate surface area is 364 Å². The Hall–Kier alpha value is -4.96. The summed E-state index contributed by atoms with van der Waals surface area (Å²) in [5, 5.41) is 18.3. The highest BCUT2D eigenvalue weighted by Crippen LogP contribution is 2.33. The summed E-state index contributed by atoms with van der Waals surface area (Å²) in [6.07, 6.45) is 4.61. The number of ketones is 1. The van der Waals surface area contributed by atoms with Gasteiger partial charge in [-0.05, 0) is 76.7 Å². The number of benzene rings is 1. The van der Waals surface area contributed by atoms with Crippen molar-refractivity contribution in [1.29, 1.82) is 0 Å². The van der Waals surface area contributed by atoms with E-state index in [1.807, 2.05) is 67.5 Å². The van der Waals surface area contributed by atoms with Gasteiger partial charge < -0.3 is 25.4 Å². The molecule has 0 saturated heterocycles. The lowest BCUT2D eigenvalue weighted by atomic mass is 9.81. The normalized spacial score (nSPS) is 15.4. The lowest BCUT2D eigenvalue weighted by Gasteiger charge is -2.38. The van der Waals surface area contributed by atoms with E-state index in [4.69, 9.17) is 4.74 Å². The molecule has 3 N–H and O–H groups in total. The summed E-state index contributed by atoms with van der Waals surface area (Å²) in [5.74, 6) is -3.12. The van der Waals surface area contributed by atoms with Gasteiger partial charge >= 0.3 is 5.97 Å². The molecule has 1 aliphatic heterocycles. The number of carbonyl (C=O) groups is 7. The molecule has 0 aliphatic carbocycles. The molecule has 1 aromatic heterocycles. The Morgan fingerprint density at radius 3 is 2.25 bits per heavy atom. The van der Waals surface area contributed by atoms with Gasteiger partial charge in [-0.1, -0.05) is 53.5 Å². The van der Waals surface area contributed by atoms with Gasteiger partial charge in [-0.25, -0.2) is 4.98 Å². The average molecular weight is 867 g/mol. The van der Waals surface area contributed by atoms with Gasteiger partial charge in [0.15, 0.2) is 11.9 Å². The summed E-state index contributed by atoms with van der Waals surface area (Å²) in [6.45, 7) is 15.1. The Balaban J connectivity index is 1.74. The van der Waals surface area contributed by atoms with Crippen molar-refractivity contribution in [1.82, 2.24) is 25.0 Å². The quantitative estimate of drug-likeness (QED) is 0.0630. The van der Waals surface area contributed by atoms with Crippen LogP contribution in [-0.2, 0) is 39.9 Å². The van der Waals surface area contributed by atoms with Crippen molar-refractivity contribution in [2.75, 3.05) is 33.0 Å². The number of esters is 1. The minimum atomic E-state index is -0.845. The standard InChI is InChI=1S/C45H66N6O9S/c1-12-15-31(22-30-17-18-36(53)33(23-30)47-39(55)16-14-21-51-40(56)19-20-41(51)57)46-42(58)34-26-61-43(48-34)37(60-29(6)52)25-35(27(3)4)50(11)44(59)32(28(5)13-2)24-38(54)45(7,8)49(9)10/h17-20,23,26-28,31-32,35,37,53H,12-16,21-22,24-25H2,1-11H3,(H,46,58)(H,47,55)/t28-,31+,32-,35+,37+/m0/s1. The first-order valence-electron chi connectivity index (χ1n) is 21.2. The third-order valence-electron chi connectivity index (χ3n) is 11.7. The van der Waals surface area contributed by atoms with Gasteiger partial charge in [-0.2, -0.15) is 0 Å². The number of Topliss-reactive ketones (excluding diaryl/α,β-unsaturated/α-hetero) is 1. The monoisotopic (exact) mass is 866 g/mol. The molecule has 5 amide bonds. The molecule has 3 rings (SSSR count). The lowest BCUT2D eigenvalue weighted by molar-refractivity contribution is -0.150. The number of carbonyl (C=O) groups excluding carboxylic acids is 7. The smallest absolute Gasteiger partial charge is 0.303 e. The molecule has 0 radical (unpaired) electrons. The molecular weight excluding hydrogens is 801 g/mol. The molecular formula is C45H66N6O9S. The van der Waals surface area contributed by atoms with Crippen LogP contribution in [0, 0.1) is 17.8 Å². The maximum Gasteiger partial charge on any atom is 0.303 e. The first-order chi connectivity index (χ1) is 28.6. The highest BCUT2D eigenvalue weighted by molar-refractivity contribution is 7.09. The van der Waals surface area contributed by atoms with Crippen molar-refractivity contribution < 1.29 is 43.4 Å². The zero-order valence-electron chi connectivity index (χ0n) is 37.7. The van der Waals surface area contributed by atoms with E-state index in [1.54, 1.807) is 29.5 Å². The summed E-state index contributed by atoms with van der Waals surface area (Å²) in [5.41, 5.74) is 0.350. The molecule has 336 valence electrons. The van der Waals surface area contributed by atoms with E-state index < -0.39 is 47.2 Å². The first kappa shape index (κ1) is 50.4. The van der Waals surface area contributed by atoms with Crippen molar-refractivity contribution in [2.45, 2.75) is 130 Å². The molecule has 0 saturated carbocycles. The molecule has 2 heterocycles. The van der Waals surface area contributed by atoms with E-state index in [0.29, 0.717) is 24.3 Å². The zero-order valence-corrected chi connectivity index (χ0v) is 38.5. The van der Waals surface area contributed by atoms with Gasteiger partial charge in [-0.3, -0.25) is 43.4 Å². The summed E-state index contributed by atoms with van der Waals surface area (Å²) >= 11 is 1.19. The van der Waals surface area contributed by atoms with Gasteiger partial charge in [0.05, 0.1) is 11.2 Å². The second kappa shape index (κ2) is 22.8. The third kappa shape index (κ3) is 14.0. The maximum absolute atomic E-state index is 14.3. The number of thiazole rings is 1. The van der Waals surface area contributed by atoms with Crippen LogP contribution >= 0.6 is 11.3 Å². The number of aromatic nitrogens is 1. The van der Waals surface area contributed by atoms with Crippen LogP contribution in [0.15, 0.2) is 35.7 Å². The number of ether oxygens (including phenoxy) is 1. The Bertz CT molecular complexity index is 1910. The van der Waals surface area contributed by atoms with E-state index in [1.165, 1.54) is 36.5 Å².